The van der Waals surface area contributed by atoms with E-state index in [4.69, 9.17) is 9.72 Å². The van der Waals surface area contributed by atoms with Gasteiger partial charge in [0.25, 0.3) is 5.91 Å². The Kier molecular flexibility index (Phi) is 6.27. The highest BCUT2D eigenvalue weighted by atomic mass is 32.1. The Balaban J connectivity index is 1.35. The van der Waals surface area contributed by atoms with E-state index >= 15 is 0 Å². The molecule has 5 rings (SSSR count). The Morgan fingerprint density at radius 3 is 2.71 bits per heavy atom. The molecule has 0 bridgehead atoms. The predicted octanol–water partition coefficient (Wildman–Crippen LogP) is 5.74. The quantitative estimate of drug-likeness (QED) is 0.376. The van der Waals surface area contributed by atoms with Crippen molar-refractivity contribution in [2.24, 2.45) is 0 Å². The number of methoxy groups -OCH3 is 1. The highest BCUT2D eigenvalue weighted by molar-refractivity contribution is 7.15. The number of ether oxygens (including phenoxy) is 1. The number of aromatic nitrogens is 2. The second-order valence-electron chi connectivity index (χ2n) is 8.36. The van der Waals surface area contributed by atoms with E-state index < -0.39 is 0 Å². The van der Waals surface area contributed by atoms with E-state index in [1.165, 1.54) is 4.88 Å². The zero-order valence-corrected chi connectivity index (χ0v) is 20.0. The number of amides is 1. The fourth-order valence-corrected chi connectivity index (χ4v) is 5.40. The molecule has 0 spiro atoms. The van der Waals surface area contributed by atoms with Crippen LogP contribution >= 0.6 is 11.3 Å². The number of aryl methyl sites for hydroxylation is 2. The van der Waals surface area contributed by atoms with Gasteiger partial charge in [-0.1, -0.05) is 36.4 Å². The number of nitrogens with one attached hydrogen (secondary N) is 2. The maximum absolute atomic E-state index is 13.3. The Hall–Kier alpha value is -3.71. The number of carbonyl (C=O) groups excluding carboxylic acids is 1. The molecule has 34 heavy (non-hydrogen) atoms. The van der Waals surface area contributed by atoms with Gasteiger partial charge < -0.3 is 10.1 Å². The molecule has 0 fully saturated rings. The lowest BCUT2D eigenvalue weighted by Gasteiger charge is -2.23. The molecular weight excluding hydrogens is 444 g/mol. The van der Waals surface area contributed by atoms with Crippen LogP contribution in [0.1, 0.15) is 33.0 Å². The minimum atomic E-state index is -0.224. The molecule has 172 valence electrons. The molecule has 0 saturated carbocycles. The normalized spacial score (nSPS) is 14.8. The van der Waals surface area contributed by atoms with Crippen LogP contribution in [0.25, 0.3) is 11.1 Å². The zero-order chi connectivity index (χ0) is 23.5. The molecule has 2 aromatic heterocycles. The summed E-state index contributed by atoms with van der Waals surface area (Å²) in [5.74, 6) is 0.488. The standard InChI is InChI=1S/C27H26N4O2S/c1-17-14-21(20-10-6-7-11-24(20)33-2)22(16-28-17)26(32)31-27-30-23-13-12-19(15-25(23)34-27)29-18-8-4-3-5-9-18/h3-11,14,16,19,29H,12-13,15H2,1-2H3,(H,30,31,32). The SMILES string of the molecule is COc1ccccc1-c1cc(C)ncc1C(=O)Nc1nc2c(s1)CC(Nc1ccccc1)CC2. The van der Waals surface area contributed by atoms with E-state index in [2.05, 4.69) is 27.8 Å². The Morgan fingerprint density at radius 1 is 1.09 bits per heavy atom. The number of para-hydroxylation sites is 2. The molecule has 4 aromatic rings. The van der Waals surface area contributed by atoms with Crippen molar-refractivity contribution in [3.05, 3.63) is 88.7 Å². The first-order valence-electron chi connectivity index (χ1n) is 11.3. The third-order valence-corrected chi connectivity index (χ3v) is 7.02. The average molecular weight is 471 g/mol. The Morgan fingerprint density at radius 2 is 1.88 bits per heavy atom. The lowest BCUT2D eigenvalue weighted by Crippen LogP contribution is -2.26. The van der Waals surface area contributed by atoms with Crippen LogP contribution in [0, 0.1) is 6.92 Å². The molecular formula is C27H26N4O2S. The third kappa shape index (κ3) is 4.65. The largest absolute Gasteiger partial charge is 0.496 e. The van der Waals surface area contributed by atoms with Crippen molar-refractivity contribution in [2.75, 3.05) is 17.7 Å². The van der Waals surface area contributed by atoms with E-state index in [-0.39, 0.29) is 5.91 Å². The van der Waals surface area contributed by atoms with Crippen molar-refractivity contribution in [1.29, 1.82) is 0 Å². The first kappa shape index (κ1) is 22.1. The molecule has 7 heteroatoms. The van der Waals surface area contributed by atoms with E-state index in [1.807, 2.05) is 55.5 Å². The van der Waals surface area contributed by atoms with Crippen molar-refractivity contribution in [3.63, 3.8) is 0 Å². The summed E-state index contributed by atoms with van der Waals surface area (Å²) in [6.07, 6.45) is 4.43. The number of carbonyl (C=O) groups is 1. The van der Waals surface area contributed by atoms with Crippen LogP contribution in [0.15, 0.2) is 66.9 Å². The van der Waals surface area contributed by atoms with E-state index in [1.54, 1.807) is 24.6 Å². The third-order valence-electron chi connectivity index (χ3n) is 5.99. The Bertz CT molecular complexity index is 1320. The average Bonchev–Trinajstić information content (AvgIpc) is 3.26. The number of hydrogen-bond donors (Lipinski definition) is 2. The highest BCUT2D eigenvalue weighted by Gasteiger charge is 2.24. The molecule has 1 unspecified atom stereocenters. The molecule has 0 saturated heterocycles. The Labute approximate surface area is 203 Å². The van der Waals surface area contributed by atoms with Gasteiger partial charge in [-0.25, -0.2) is 4.98 Å². The number of nitrogens with zero attached hydrogens (tertiary/aromatic N) is 2. The molecule has 0 radical (unpaired) electrons. The molecule has 2 heterocycles. The zero-order valence-electron chi connectivity index (χ0n) is 19.2. The number of thiazole rings is 1. The van der Waals surface area contributed by atoms with Gasteiger partial charge in [0.05, 0.1) is 18.4 Å². The van der Waals surface area contributed by atoms with Crippen LogP contribution in [-0.4, -0.2) is 29.0 Å². The van der Waals surface area contributed by atoms with Gasteiger partial charge in [0.15, 0.2) is 5.13 Å². The number of benzene rings is 2. The number of pyridine rings is 1. The second kappa shape index (κ2) is 9.65. The van der Waals surface area contributed by atoms with Gasteiger partial charge in [0.2, 0.25) is 0 Å². The summed E-state index contributed by atoms with van der Waals surface area (Å²) >= 11 is 1.56. The lowest BCUT2D eigenvalue weighted by atomic mass is 9.97. The maximum atomic E-state index is 13.3. The van der Waals surface area contributed by atoms with Gasteiger partial charge >= 0.3 is 0 Å². The molecule has 0 aliphatic heterocycles. The molecule has 1 aliphatic carbocycles. The smallest absolute Gasteiger partial charge is 0.259 e. The van der Waals surface area contributed by atoms with Gasteiger partial charge in [-0.15, -0.1) is 11.3 Å². The summed E-state index contributed by atoms with van der Waals surface area (Å²) < 4.78 is 5.53. The molecule has 2 N–H and O–H groups in total. The maximum Gasteiger partial charge on any atom is 0.259 e. The summed E-state index contributed by atoms with van der Waals surface area (Å²) in [7, 11) is 1.63. The van der Waals surface area contributed by atoms with Gasteiger partial charge in [0, 0.05) is 46.0 Å². The number of hydrogen-bond acceptors (Lipinski definition) is 6. The van der Waals surface area contributed by atoms with Crippen molar-refractivity contribution >= 4 is 28.1 Å². The van der Waals surface area contributed by atoms with E-state index in [9.17, 15) is 4.79 Å². The number of anilines is 2. The second-order valence-corrected chi connectivity index (χ2v) is 9.45. The first-order valence-corrected chi connectivity index (χ1v) is 12.1. The van der Waals surface area contributed by atoms with Crippen molar-refractivity contribution in [2.45, 2.75) is 32.2 Å². The van der Waals surface area contributed by atoms with Crippen LogP contribution < -0.4 is 15.4 Å². The van der Waals surface area contributed by atoms with Crippen molar-refractivity contribution < 1.29 is 9.53 Å². The van der Waals surface area contributed by atoms with Crippen molar-refractivity contribution in [1.82, 2.24) is 9.97 Å². The lowest BCUT2D eigenvalue weighted by molar-refractivity contribution is 0.102. The fourth-order valence-electron chi connectivity index (χ4n) is 4.32. The summed E-state index contributed by atoms with van der Waals surface area (Å²) in [6.45, 7) is 1.91. The van der Waals surface area contributed by atoms with Gasteiger partial charge in [0.1, 0.15) is 5.75 Å². The molecule has 1 atom stereocenters. The van der Waals surface area contributed by atoms with Gasteiger partial charge in [-0.05, 0) is 44.0 Å². The van der Waals surface area contributed by atoms with Gasteiger partial charge in [-0.2, -0.15) is 0 Å². The predicted molar refractivity (Wildman–Crippen MR) is 137 cm³/mol. The first-order chi connectivity index (χ1) is 16.6. The topological polar surface area (TPSA) is 76.1 Å². The molecule has 1 amide bonds. The summed E-state index contributed by atoms with van der Waals surface area (Å²) in [5.41, 5.74) is 5.18. The van der Waals surface area contributed by atoms with Crippen LogP contribution in [0.4, 0.5) is 10.8 Å². The van der Waals surface area contributed by atoms with E-state index in [0.717, 1.165) is 47.5 Å². The number of rotatable bonds is 6. The highest BCUT2D eigenvalue weighted by Crippen LogP contribution is 2.34. The summed E-state index contributed by atoms with van der Waals surface area (Å²) in [5, 5.41) is 7.25. The minimum absolute atomic E-state index is 0.224. The molecule has 6 nitrogen and oxygen atoms in total. The summed E-state index contributed by atoms with van der Waals surface area (Å²) in [4.78, 5) is 23.6. The summed E-state index contributed by atoms with van der Waals surface area (Å²) in [6, 6.07) is 20.2. The van der Waals surface area contributed by atoms with E-state index in [0.29, 0.717) is 22.5 Å². The van der Waals surface area contributed by atoms with Crippen LogP contribution in [-0.2, 0) is 12.8 Å². The van der Waals surface area contributed by atoms with Crippen LogP contribution in [0.2, 0.25) is 0 Å². The van der Waals surface area contributed by atoms with Crippen molar-refractivity contribution in [3.8, 4) is 16.9 Å². The monoisotopic (exact) mass is 470 g/mol. The van der Waals surface area contributed by atoms with Crippen LogP contribution in [0.3, 0.4) is 0 Å². The number of fused-ring (bicyclic) bond motifs is 1. The minimum Gasteiger partial charge on any atom is -0.496 e. The van der Waals surface area contributed by atoms with Gasteiger partial charge in [-0.3, -0.25) is 15.1 Å². The molecule has 2 aromatic carbocycles. The van der Waals surface area contributed by atoms with Crippen LogP contribution in [0.5, 0.6) is 5.75 Å². The molecule has 1 aliphatic rings. The fraction of sp³-hybridized carbons (Fsp3) is 0.222.